The Hall–Kier alpha value is -2.99. The van der Waals surface area contributed by atoms with Gasteiger partial charge in [-0.15, -0.1) is 0 Å². The second-order valence-corrected chi connectivity index (χ2v) is 10.2. The van der Waals surface area contributed by atoms with Crippen molar-refractivity contribution in [2.75, 3.05) is 26.7 Å². The van der Waals surface area contributed by atoms with Crippen LogP contribution in [0.4, 0.5) is 0 Å². The van der Waals surface area contributed by atoms with Crippen LogP contribution in [0.2, 0.25) is 0 Å². The molecule has 1 aliphatic heterocycles. The number of carbonyl (C=O) groups excluding carboxylic acids is 1. The average Bonchev–Trinajstić information content (AvgIpc) is 3.31. The number of aliphatic hydroxyl groups is 2. The maximum absolute atomic E-state index is 13.6. The highest BCUT2D eigenvalue weighted by atomic mass is 16.5. The summed E-state index contributed by atoms with van der Waals surface area (Å²) in [6.07, 6.45) is 6.39. The molecule has 0 bridgehead atoms. The van der Waals surface area contributed by atoms with Gasteiger partial charge in [-0.25, -0.2) is 4.98 Å². The zero-order valence-electron chi connectivity index (χ0n) is 21.4. The van der Waals surface area contributed by atoms with Crippen molar-refractivity contribution in [1.29, 1.82) is 0 Å². The van der Waals surface area contributed by atoms with Crippen LogP contribution in [-0.4, -0.2) is 80.4 Å². The Balaban J connectivity index is 1.61. The molecule has 1 amide bonds. The highest BCUT2D eigenvalue weighted by molar-refractivity contribution is 5.97. The Labute approximate surface area is 213 Å². The fourth-order valence-corrected chi connectivity index (χ4v) is 4.80. The number of carbonyl (C=O) groups is 1. The predicted molar refractivity (Wildman–Crippen MR) is 136 cm³/mol. The lowest BCUT2D eigenvalue weighted by atomic mass is 9.99. The SMILES string of the molecule is C[C@H](CO)N1C[C@H](C)[C@@H](CN(C)Cc2ccccn2)Oc2ncc(C#CC3(O)CCCC3)cc2C1=O. The molecule has 4 rings (SSSR count). The van der Waals surface area contributed by atoms with Crippen molar-refractivity contribution in [1.82, 2.24) is 19.8 Å². The van der Waals surface area contributed by atoms with Gasteiger partial charge in [-0.1, -0.05) is 24.8 Å². The molecule has 2 N–H and O–H groups in total. The van der Waals surface area contributed by atoms with Gasteiger partial charge in [0.1, 0.15) is 17.3 Å². The Morgan fingerprint density at radius 3 is 2.78 bits per heavy atom. The van der Waals surface area contributed by atoms with Gasteiger partial charge in [-0.3, -0.25) is 14.7 Å². The van der Waals surface area contributed by atoms with Crippen LogP contribution in [0.3, 0.4) is 0 Å². The van der Waals surface area contributed by atoms with Crippen LogP contribution < -0.4 is 4.74 Å². The van der Waals surface area contributed by atoms with Gasteiger partial charge < -0.3 is 19.8 Å². The molecule has 0 spiro atoms. The first-order valence-corrected chi connectivity index (χ1v) is 12.7. The van der Waals surface area contributed by atoms with Crippen LogP contribution in [0.1, 0.15) is 61.1 Å². The van der Waals surface area contributed by atoms with Crippen molar-refractivity contribution < 1.29 is 19.7 Å². The number of amides is 1. The van der Waals surface area contributed by atoms with Gasteiger partial charge in [0.25, 0.3) is 5.91 Å². The van der Waals surface area contributed by atoms with E-state index in [-0.39, 0.29) is 36.5 Å². The second-order valence-electron chi connectivity index (χ2n) is 10.2. The summed E-state index contributed by atoms with van der Waals surface area (Å²) >= 11 is 0. The van der Waals surface area contributed by atoms with Crippen molar-refractivity contribution in [3.05, 3.63) is 53.5 Å². The molecule has 1 fully saturated rings. The number of rotatable bonds is 6. The molecule has 2 aromatic heterocycles. The standard InChI is InChI=1S/C28H36N4O4/c1-20-16-32(21(2)19-33)27(34)24-14-22(9-12-28(35)10-5-6-11-28)15-30-26(24)36-25(20)18-31(3)17-23-8-4-7-13-29-23/h4,7-8,13-15,20-21,25,33,35H,5-6,10-11,16-19H2,1-3H3/t20-,21+,25+/m0/s1. The zero-order chi connectivity index (χ0) is 25.7. The summed E-state index contributed by atoms with van der Waals surface area (Å²) in [5.41, 5.74) is 0.876. The Bertz CT molecular complexity index is 1110. The van der Waals surface area contributed by atoms with Gasteiger partial charge in [-0.05, 0) is 57.9 Å². The summed E-state index contributed by atoms with van der Waals surface area (Å²) in [7, 11) is 2.02. The largest absolute Gasteiger partial charge is 0.472 e. The molecule has 0 saturated heterocycles. The van der Waals surface area contributed by atoms with E-state index in [1.807, 2.05) is 32.2 Å². The molecule has 3 atom stereocenters. The van der Waals surface area contributed by atoms with Gasteiger partial charge in [0.15, 0.2) is 0 Å². The number of aliphatic hydroxyl groups excluding tert-OH is 1. The number of nitrogens with zero attached hydrogens (tertiary/aromatic N) is 4. The van der Waals surface area contributed by atoms with Crippen molar-refractivity contribution in [3.63, 3.8) is 0 Å². The Morgan fingerprint density at radius 1 is 1.31 bits per heavy atom. The van der Waals surface area contributed by atoms with Gasteiger partial charge in [-0.2, -0.15) is 0 Å². The van der Waals surface area contributed by atoms with E-state index in [4.69, 9.17) is 4.74 Å². The quantitative estimate of drug-likeness (QED) is 0.598. The van der Waals surface area contributed by atoms with Gasteiger partial charge in [0.05, 0.1) is 18.3 Å². The van der Waals surface area contributed by atoms with Gasteiger partial charge in [0.2, 0.25) is 5.88 Å². The molecule has 36 heavy (non-hydrogen) atoms. The smallest absolute Gasteiger partial charge is 0.259 e. The van der Waals surface area contributed by atoms with Crippen LogP contribution in [-0.2, 0) is 6.54 Å². The molecule has 3 heterocycles. The summed E-state index contributed by atoms with van der Waals surface area (Å²) in [4.78, 5) is 26.3. The third kappa shape index (κ3) is 6.22. The van der Waals surface area contributed by atoms with E-state index < -0.39 is 5.60 Å². The fraction of sp³-hybridized carbons (Fsp3) is 0.536. The minimum Gasteiger partial charge on any atom is -0.472 e. The number of fused-ring (bicyclic) bond motifs is 1. The summed E-state index contributed by atoms with van der Waals surface area (Å²) in [5, 5.41) is 20.5. The lowest BCUT2D eigenvalue weighted by Crippen LogP contribution is -2.49. The van der Waals surface area contributed by atoms with Crippen LogP contribution >= 0.6 is 0 Å². The third-order valence-corrected chi connectivity index (χ3v) is 7.04. The van der Waals surface area contributed by atoms with E-state index in [0.717, 1.165) is 18.5 Å². The first-order chi connectivity index (χ1) is 17.3. The number of pyridine rings is 2. The molecule has 8 nitrogen and oxygen atoms in total. The summed E-state index contributed by atoms with van der Waals surface area (Å²) in [6, 6.07) is 7.19. The number of aromatic nitrogens is 2. The van der Waals surface area contributed by atoms with Crippen LogP contribution in [0.25, 0.3) is 0 Å². The van der Waals surface area contributed by atoms with Gasteiger partial charge in [0, 0.05) is 43.5 Å². The number of ether oxygens (including phenoxy) is 1. The molecule has 192 valence electrons. The minimum atomic E-state index is -0.971. The molecule has 1 saturated carbocycles. The zero-order valence-corrected chi connectivity index (χ0v) is 21.4. The summed E-state index contributed by atoms with van der Waals surface area (Å²) < 4.78 is 6.36. The minimum absolute atomic E-state index is 0.000152. The first-order valence-electron chi connectivity index (χ1n) is 12.7. The van der Waals surface area contributed by atoms with E-state index in [9.17, 15) is 15.0 Å². The molecule has 8 heteroatoms. The number of hydrogen-bond donors (Lipinski definition) is 2. The van der Waals surface area contributed by atoms with Crippen LogP contribution in [0.5, 0.6) is 5.88 Å². The number of hydrogen-bond acceptors (Lipinski definition) is 7. The van der Waals surface area contributed by atoms with Crippen LogP contribution in [0, 0.1) is 17.8 Å². The fourth-order valence-electron chi connectivity index (χ4n) is 4.80. The topological polar surface area (TPSA) is 99.0 Å². The molecule has 1 aliphatic carbocycles. The highest BCUT2D eigenvalue weighted by Gasteiger charge is 2.34. The monoisotopic (exact) mass is 492 g/mol. The van der Waals surface area contributed by atoms with Crippen molar-refractivity contribution >= 4 is 5.91 Å². The molecule has 2 aliphatic rings. The average molecular weight is 493 g/mol. The normalized spacial score (nSPS) is 22.2. The summed E-state index contributed by atoms with van der Waals surface area (Å²) in [6.45, 7) is 5.47. The van der Waals surface area contributed by atoms with E-state index >= 15 is 0 Å². The van der Waals surface area contributed by atoms with E-state index in [0.29, 0.717) is 43.6 Å². The molecule has 0 unspecified atom stereocenters. The van der Waals surface area contributed by atoms with E-state index in [1.165, 1.54) is 0 Å². The van der Waals surface area contributed by atoms with Gasteiger partial charge >= 0.3 is 0 Å². The maximum Gasteiger partial charge on any atom is 0.259 e. The third-order valence-electron chi connectivity index (χ3n) is 7.04. The van der Waals surface area contributed by atoms with E-state index in [2.05, 4.69) is 33.6 Å². The lowest BCUT2D eigenvalue weighted by molar-refractivity contribution is 0.0324. The van der Waals surface area contributed by atoms with Crippen molar-refractivity contribution in [3.8, 4) is 17.7 Å². The first kappa shape index (κ1) is 26.1. The Kier molecular flexibility index (Phi) is 8.24. The maximum atomic E-state index is 13.6. The van der Waals surface area contributed by atoms with Crippen molar-refractivity contribution in [2.45, 2.75) is 63.8 Å². The Morgan fingerprint density at radius 2 is 2.08 bits per heavy atom. The molecular weight excluding hydrogens is 456 g/mol. The molecular formula is C28H36N4O4. The predicted octanol–water partition coefficient (Wildman–Crippen LogP) is 2.49. The summed E-state index contributed by atoms with van der Waals surface area (Å²) in [5.74, 6) is 6.02. The molecule has 0 radical (unpaired) electrons. The molecule has 0 aromatic carbocycles. The van der Waals surface area contributed by atoms with Crippen LogP contribution in [0.15, 0.2) is 36.7 Å². The van der Waals surface area contributed by atoms with Crippen molar-refractivity contribution in [2.24, 2.45) is 5.92 Å². The lowest BCUT2D eigenvalue weighted by Gasteiger charge is -2.37. The van der Waals surface area contributed by atoms with E-state index in [1.54, 1.807) is 23.4 Å². The second kappa shape index (κ2) is 11.4. The number of likely N-dealkylation sites (N-methyl/N-ethyl adjacent to an activating group) is 1. The highest BCUT2D eigenvalue weighted by Crippen LogP contribution is 2.30. The molecule has 2 aromatic rings.